The fourth-order valence-electron chi connectivity index (χ4n) is 2.55. The lowest BCUT2D eigenvalue weighted by Crippen LogP contribution is -2.59. The van der Waals surface area contributed by atoms with E-state index >= 15 is 0 Å². The van der Waals surface area contributed by atoms with Gasteiger partial charge in [0.25, 0.3) is 0 Å². The number of rotatable bonds is 5. The Kier molecular flexibility index (Phi) is 4.40. The van der Waals surface area contributed by atoms with Crippen molar-refractivity contribution in [3.63, 3.8) is 0 Å². The normalized spacial score (nSPS) is 11.8. The Morgan fingerprint density at radius 3 is 1.57 bits per heavy atom. The first kappa shape index (κ1) is 16.5. The molecule has 0 aliphatic carbocycles. The van der Waals surface area contributed by atoms with Crippen molar-refractivity contribution in [2.75, 3.05) is 0 Å². The quantitative estimate of drug-likeness (QED) is 0.919. The Bertz CT molecular complexity index is 666. The zero-order chi connectivity index (χ0) is 17.1. The smallest absolute Gasteiger partial charge is 0.368 e. The molecule has 0 aliphatic heterocycles. The maximum Gasteiger partial charge on any atom is 0.419 e. The number of hydrogen-bond donors (Lipinski definition) is 1. The summed E-state index contributed by atoms with van der Waals surface area (Å²) in [5.74, 6) is -8.56. The molecular weight excluding hydrogens is 311 g/mol. The van der Waals surface area contributed by atoms with Crippen LogP contribution in [0.1, 0.15) is 11.1 Å². The molecule has 4 nitrogen and oxygen atoms in total. The van der Waals surface area contributed by atoms with Gasteiger partial charge in [-0.3, -0.25) is 4.79 Å². The Hall–Kier alpha value is -2.83. The largest absolute Gasteiger partial charge is 0.419 e. The van der Waals surface area contributed by atoms with Crippen molar-refractivity contribution >= 4 is 11.9 Å². The maximum absolute atomic E-state index is 14.7. The van der Waals surface area contributed by atoms with Gasteiger partial charge in [0, 0.05) is 4.53 Å². The first-order valence-corrected chi connectivity index (χ1v) is 6.50. The zero-order valence-electron chi connectivity index (χ0n) is 11.7. The Morgan fingerprint density at radius 2 is 1.26 bits per heavy atom. The second-order valence-electron chi connectivity index (χ2n) is 4.79. The van der Waals surface area contributed by atoms with Crippen LogP contribution in [0.25, 0.3) is 0 Å². The molecule has 0 aromatic heterocycles. The minimum atomic E-state index is -4.56. The van der Waals surface area contributed by atoms with E-state index in [1.165, 1.54) is 60.7 Å². The summed E-state index contributed by atoms with van der Waals surface area (Å²) in [4.78, 5) is 26.2. The highest BCUT2D eigenvalue weighted by Crippen LogP contribution is 2.46. The number of halogens is 3. The summed E-state index contributed by atoms with van der Waals surface area (Å²) >= 11 is 0. The van der Waals surface area contributed by atoms with E-state index in [4.69, 9.17) is 5.73 Å². The fourth-order valence-corrected chi connectivity index (χ4v) is 2.55. The van der Waals surface area contributed by atoms with Gasteiger partial charge in [-0.15, -0.1) is 0 Å². The monoisotopic (exact) mass is 323 g/mol. The highest BCUT2D eigenvalue weighted by Gasteiger charge is 2.66. The molecule has 0 atom stereocenters. The first-order chi connectivity index (χ1) is 10.9. The lowest BCUT2D eigenvalue weighted by molar-refractivity contribution is -0.219. The number of hydrogen-bond acceptors (Lipinski definition) is 3. The van der Waals surface area contributed by atoms with Gasteiger partial charge in [-0.2, -0.15) is 8.78 Å². The highest BCUT2D eigenvalue weighted by atomic mass is 19.3. The topological polar surface area (TPSA) is 69.4 Å². The molecule has 2 aromatic carbocycles. The molecule has 2 N–H and O–H groups in total. The lowest BCUT2D eigenvalue weighted by atomic mass is 9.69. The van der Waals surface area contributed by atoms with E-state index in [9.17, 15) is 22.9 Å². The average Bonchev–Trinajstić information content (AvgIpc) is 2.56. The Morgan fingerprint density at radius 1 is 0.870 bits per heavy atom. The van der Waals surface area contributed by atoms with Gasteiger partial charge in [0.1, 0.15) is 0 Å². The van der Waals surface area contributed by atoms with Crippen LogP contribution in [0, 0.1) is 0 Å². The predicted molar refractivity (Wildman–Crippen MR) is 75.0 cm³/mol. The number of primary amides is 1. The van der Waals surface area contributed by atoms with Gasteiger partial charge in [0.15, 0.2) is 5.41 Å². The van der Waals surface area contributed by atoms with Crippen molar-refractivity contribution in [2.45, 2.75) is 11.3 Å². The molecular formula is C16H12F3NO3. The van der Waals surface area contributed by atoms with Gasteiger partial charge in [0.05, 0.1) is 0 Å². The summed E-state index contributed by atoms with van der Waals surface area (Å²) in [6.45, 7) is 0. The third kappa shape index (κ3) is 2.44. The van der Waals surface area contributed by atoms with E-state index in [1.807, 2.05) is 0 Å². The summed E-state index contributed by atoms with van der Waals surface area (Å²) in [6, 6.07) is 13.5. The van der Waals surface area contributed by atoms with Crippen LogP contribution in [0.5, 0.6) is 0 Å². The fraction of sp³-hybridized carbons (Fsp3) is 0.125. The van der Waals surface area contributed by atoms with Crippen molar-refractivity contribution in [3.05, 3.63) is 71.8 Å². The van der Waals surface area contributed by atoms with Crippen LogP contribution in [0.2, 0.25) is 0 Å². The van der Waals surface area contributed by atoms with Crippen molar-refractivity contribution in [1.29, 1.82) is 0 Å². The number of alkyl halides is 2. The molecule has 0 radical (unpaired) electrons. The second-order valence-corrected chi connectivity index (χ2v) is 4.79. The number of amides is 1. The van der Waals surface area contributed by atoms with E-state index in [1.54, 1.807) is 0 Å². The van der Waals surface area contributed by atoms with Gasteiger partial charge in [-0.1, -0.05) is 60.7 Å². The molecule has 2 aromatic rings. The minimum Gasteiger partial charge on any atom is -0.368 e. The van der Waals surface area contributed by atoms with Gasteiger partial charge in [-0.05, 0) is 11.1 Å². The van der Waals surface area contributed by atoms with Crippen LogP contribution in [0.15, 0.2) is 60.7 Å². The number of carbonyl (C=O) groups excluding carboxylic acids is 2. The standard InChI is InChI=1S/C16H12F3NO3/c17-16(18,14(22)23-19)15(13(20)21,11-7-3-1-4-8-11)12-9-5-2-6-10-12/h1-10H,(H2,20,21). The van der Waals surface area contributed by atoms with Crippen molar-refractivity contribution in [2.24, 2.45) is 5.73 Å². The van der Waals surface area contributed by atoms with Gasteiger partial charge >= 0.3 is 11.9 Å². The van der Waals surface area contributed by atoms with Crippen molar-refractivity contribution in [3.8, 4) is 0 Å². The molecule has 2 rings (SSSR count). The number of carbonyl (C=O) groups is 2. The molecule has 0 saturated heterocycles. The average molecular weight is 323 g/mol. The van der Waals surface area contributed by atoms with E-state index in [0.717, 1.165) is 0 Å². The van der Waals surface area contributed by atoms with E-state index in [0.29, 0.717) is 0 Å². The molecule has 0 heterocycles. The molecule has 0 fully saturated rings. The van der Waals surface area contributed by atoms with E-state index < -0.39 is 23.2 Å². The predicted octanol–water partition coefficient (Wildman–Crippen LogP) is 2.52. The summed E-state index contributed by atoms with van der Waals surface area (Å²) < 4.78 is 41.7. The molecule has 0 aliphatic rings. The van der Waals surface area contributed by atoms with Crippen LogP contribution in [0.4, 0.5) is 13.3 Å². The molecule has 7 heteroatoms. The number of benzene rings is 2. The molecule has 23 heavy (non-hydrogen) atoms. The van der Waals surface area contributed by atoms with Crippen LogP contribution in [-0.2, 0) is 19.9 Å². The molecule has 1 amide bonds. The van der Waals surface area contributed by atoms with Crippen LogP contribution in [0.3, 0.4) is 0 Å². The van der Waals surface area contributed by atoms with Gasteiger partial charge < -0.3 is 5.73 Å². The molecule has 0 saturated carbocycles. The molecule has 120 valence electrons. The third-order valence-electron chi connectivity index (χ3n) is 3.58. The van der Waals surface area contributed by atoms with Crippen LogP contribution >= 0.6 is 0 Å². The van der Waals surface area contributed by atoms with Crippen molar-refractivity contribution < 1.29 is 27.8 Å². The van der Waals surface area contributed by atoms with E-state index in [-0.39, 0.29) is 11.1 Å². The summed E-state index contributed by atoms with van der Waals surface area (Å²) in [5.41, 5.74) is 1.85. The second kappa shape index (κ2) is 6.12. The van der Waals surface area contributed by atoms with Crippen molar-refractivity contribution in [1.82, 2.24) is 0 Å². The number of nitrogens with two attached hydrogens (primary N) is 1. The van der Waals surface area contributed by atoms with Gasteiger partial charge in [-0.25, -0.2) is 9.74 Å². The van der Waals surface area contributed by atoms with E-state index in [2.05, 4.69) is 4.94 Å². The molecule has 0 bridgehead atoms. The van der Waals surface area contributed by atoms with Crippen LogP contribution in [-0.4, -0.2) is 17.8 Å². The molecule has 0 spiro atoms. The maximum atomic E-state index is 14.7. The highest BCUT2D eigenvalue weighted by molar-refractivity contribution is 5.99. The zero-order valence-corrected chi connectivity index (χ0v) is 11.7. The Labute approximate surface area is 129 Å². The summed E-state index contributed by atoms with van der Waals surface area (Å²) in [7, 11) is 0. The lowest BCUT2D eigenvalue weighted by Gasteiger charge is -2.36. The minimum absolute atomic E-state index is 0.255. The third-order valence-corrected chi connectivity index (χ3v) is 3.58. The van der Waals surface area contributed by atoms with Gasteiger partial charge in [0.2, 0.25) is 5.91 Å². The summed E-state index contributed by atoms with van der Waals surface area (Å²) in [6.07, 6.45) is 0. The first-order valence-electron chi connectivity index (χ1n) is 6.50. The van der Waals surface area contributed by atoms with Crippen LogP contribution < -0.4 is 5.73 Å². The molecule has 0 unspecified atom stereocenters. The summed E-state index contributed by atoms with van der Waals surface area (Å²) in [5, 5.41) is 0. The SMILES string of the molecule is NC(=O)C(c1ccccc1)(c1ccccc1)C(F)(F)C(=O)OF. The Balaban J connectivity index is 2.88.